The van der Waals surface area contributed by atoms with Crippen molar-refractivity contribution in [1.29, 1.82) is 0 Å². The fourth-order valence-electron chi connectivity index (χ4n) is 3.80. The fourth-order valence-corrected chi connectivity index (χ4v) is 3.80. The Morgan fingerprint density at radius 1 is 1.00 bits per heavy atom. The molecule has 2 unspecified atom stereocenters. The van der Waals surface area contributed by atoms with E-state index in [1.165, 1.54) is 57.9 Å². The molecule has 2 aliphatic rings. The molecule has 0 aromatic rings. The lowest BCUT2D eigenvalue weighted by molar-refractivity contribution is 0.0452. The van der Waals surface area contributed by atoms with Crippen LogP contribution in [-0.4, -0.2) is 50.8 Å². The van der Waals surface area contributed by atoms with Crippen LogP contribution < -0.4 is 5.32 Å². The van der Waals surface area contributed by atoms with E-state index in [9.17, 15) is 0 Å². The molecule has 0 spiro atoms. The Morgan fingerprint density at radius 3 is 2.37 bits per heavy atom. The molecule has 2 fully saturated rings. The molecule has 0 bridgehead atoms. The van der Waals surface area contributed by atoms with Crippen molar-refractivity contribution in [1.82, 2.24) is 10.2 Å². The summed E-state index contributed by atoms with van der Waals surface area (Å²) < 4.78 is 5.47. The van der Waals surface area contributed by atoms with Gasteiger partial charge in [0, 0.05) is 31.8 Å². The highest BCUT2D eigenvalue weighted by molar-refractivity contribution is 4.85. The maximum atomic E-state index is 5.47. The Hall–Kier alpha value is -0.120. The minimum atomic E-state index is 0.685. The molecule has 0 radical (unpaired) electrons. The Kier molecular flexibility index (Phi) is 6.62. The van der Waals surface area contributed by atoms with Crippen LogP contribution in [0.25, 0.3) is 0 Å². The van der Waals surface area contributed by atoms with Gasteiger partial charge in [-0.05, 0) is 45.7 Å². The fraction of sp³-hybridized carbons (Fsp3) is 1.00. The maximum absolute atomic E-state index is 5.47. The molecule has 3 nitrogen and oxygen atoms in total. The van der Waals surface area contributed by atoms with Gasteiger partial charge in [-0.2, -0.15) is 0 Å². The van der Waals surface area contributed by atoms with E-state index in [1.54, 1.807) is 0 Å². The van der Waals surface area contributed by atoms with Gasteiger partial charge in [0.2, 0.25) is 0 Å². The molecule has 0 amide bonds. The van der Waals surface area contributed by atoms with Crippen LogP contribution in [0, 0.1) is 5.92 Å². The van der Waals surface area contributed by atoms with E-state index in [1.807, 2.05) is 0 Å². The number of nitrogens with one attached hydrogen (secondary N) is 1. The second kappa shape index (κ2) is 8.23. The quantitative estimate of drug-likeness (QED) is 0.848. The summed E-state index contributed by atoms with van der Waals surface area (Å²) >= 11 is 0. The highest BCUT2D eigenvalue weighted by Crippen LogP contribution is 2.23. The van der Waals surface area contributed by atoms with Gasteiger partial charge in [0.05, 0.1) is 0 Å². The highest BCUT2D eigenvalue weighted by atomic mass is 16.5. The molecular formula is C16H32N2O. The van der Waals surface area contributed by atoms with Crippen molar-refractivity contribution >= 4 is 0 Å². The smallest absolute Gasteiger partial charge is 0.0469 e. The van der Waals surface area contributed by atoms with Crippen molar-refractivity contribution in [3.63, 3.8) is 0 Å². The Morgan fingerprint density at radius 2 is 1.68 bits per heavy atom. The summed E-state index contributed by atoms with van der Waals surface area (Å²) in [6.45, 7) is 3.20. The lowest BCUT2D eigenvalue weighted by Crippen LogP contribution is -2.49. The predicted octanol–water partition coefficient (Wildman–Crippen LogP) is 2.66. The normalized spacial score (nSPS) is 31.1. The molecule has 2 rings (SSSR count). The number of ether oxygens (including phenoxy) is 1. The molecule has 1 heterocycles. The Labute approximate surface area is 119 Å². The minimum Gasteiger partial charge on any atom is -0.381 e. The summed E-state index contributed by atoms with van der Waals surface area (Å²) in [6, 6.07) is 1.42. The van der Waals surface area contributed by atoms with Crippen LogP contribution in [0.1, 0.15) is 51.4 Å². The SMILES string of the molecule is CNC1CCCCCCC1N(C)CC1CCOCC1. The van der Waals surface area contributed by atoms with Crippen molar-refractivity contribution in [3.8, 4) is 0 Å². The summed E-state index contributed by atoms with van der Waals surface area (Å²) in [5.74, 6) is 0.849. The maximum Gasteiger partial charge on any atom is 0.0469 e. The molecule has 112 valence electrons. The molecule has 0 aromatic carbocycles. The van der Waals surface area contributed by atoms with Gasteiger partial charge in [-0.1, -0.05) is 25.7 Å². The molecule has 1 aliphatic heterocycles. The van der Waals surface area contributed by atoms with Crippen LogP contribution in [0.3, 0.4) is 0 Å². The van der Waals surface area contributed by atoms with Crippen molar-refractivity contribution in [3.05, 3.63) is 0 Å². The average Bonchev–Trinajstić information content (AvgIpc) is 2.39. The zero-order valence-electron chi connectivity index (χ0n) is 12.9. The molecule has 1 saturated heterocycles. The summed E-state index contributed by atoms with van der Waals surface area (Å²) in [5.41, 5.74) is 0. The van der Waals surface area contributed by atoms with Gasteiger partial charge in [0.1, 0.15) is 0 Å². The van der Waals surface area contributed by atoms with E-state index in [0.717, 1.165) is 25.2 Å². The van der Waals surface area contributed by atoms with Crippen LogP contribution in [0.15, 0.2) is 0 Å². The van der Waals surface area contributed by atoms with Crippen LogP contribution in [0.4, 0.5) is 0 Å². The monoisotopic (exact) mass is 268 g/mol. The van der Waals surface area contributed by atoms with Crippen LogP contribution >= 0.6 is 0 Å². The third kappa shape index (κ3) is 4.73. The van der Waals surface area contributed by atoms with Crippen LogP contribution in [-0.2, 0) is 4.74 Å². The second-order valence-electron chi connectivity index (χ2n) is 6.45. The average molecular weight is 268 g/mol. The van der Waals surface area contributed by atoms with E-state index >= 15 is 0 Å². The van der Waals surface area contributed by atoms with Crippen molar-refractivity contribution in [2.24, 2.45) is 5.92 Å². The third-order valence-corrected chi connectivity index (χ3v) is 5.05. The number of hydrogen-bond donors (Lipinski definition) is 1. The van der Waals surface area contributed by atoms with Gasteiger partial charge in [-0.15, -0.1) is 0 Å². The lowest BCUT2D eigenvalue weighted by atomic mass is 9.90. The summed E-state index contributed by atoms with van der Waals surface area (Å²) in [7, 11) is 4.48. The van der Waals surface area contributed by atoms with Crippen molar-refractivity contribution < 1.29 is 4.74 Å². The largest absolute Gasteiger partial charge is 0.381 e. The lowest BCUT2D eigenvalue weighted by Gasteiger charge is -2.38. The second-order valence-corrected chi connectivity index (χ2v) is 6.45. The van der Waals surface area contributed by atoms with E-state index in [-0.39, 0.29) is 0 Å². The molecule has 0 aromatic heterocycles. The molecule has 1 N–H and O–H groups in total. The minimum absolute atomic E-state index is 0.685. The summed E-state index contributed by atoms with van der Waals surface area (Å²) in [4.78, 5) is 2.64. The van der Waals surface area contributed by atoms with Gasteiger partial charge in [0.25, 0.3) is 0 Å². The molecule has 19 heavy (non-hydrogen) atoms. The van der Waals surface area contributed by atoms with Crippen LogP contribution in [0.5, 0.6) is 0 Å². The first-order chi connectivity index (χ1) is 9.31. The first-order valence-electron chi connectivity index (χ1n) is 8.26. The standard InChI is InChI=1S/C16H32N2O/c1-17-15-7-5-3-4-6-8-16(15)18(2)13-14-9-11-19-12-10-14/h14-17H,3-13H2,1-2H3. The van der Waals surface area contributed by atoms with Crippen molar-refractivity contribution in [2.45, 2.75) is 63.5 Å². The highest BCUT2D eigenvalue weighted by Gasteiger charge is 2.27. The Balaban J connectivity index is 1.87. The molecular weight excluding hydrogens is 236 g/mol. The summed E-state index contributed by atoms with van der Waals surface area (Å²) in [5, 5.41) is 3.57. The zero-order valence-corrected chi connectivity index (χ0v) is 12.9. The molecule has 1 aliphatic carbocycles. The molecule has 1 saturated carbocycles. The van der Waals surface area contributed by atoms with E-state index in [4.69, 9.17) is 4.74 Å². The van der Waals surface area contributed by atoms with Gasteiger partial charge in [-0.3, -0.25) is 0 Å². The zero-order chi connectivity index (χ0) is 13.5. The van der Waals surface area contributed by atoms with Crippen molar-refractivity contribution in [2.75, 3.05) is 33.9 Å². The van der Waals surface area contributed by atoms with Gasteiger partial charge >= 0.3 is 0 Å². The molecule has 2 atom stereocenters. The summed E-state index contributed by atoms with van der Waals surface area (Å²) in [6.07, 6.45) is 10.9. The first kappa shape index (κ1) is 15.3. The van der Waals surface area contributed by atoms with E-state index in [0.29, 0.717) is 6.04 Å². The topological polar surface area (TPSA) is 24.5 Å². The molecule has 3 heteroatoms. The van der Waals surface area contributed by atoms with Crippen LogP contribution in [0.2, 0.25) is 0 Å². The van der Waals surface area contributed by atoms with Gasteiger partial charge in [-0.25, -0.2) is 0 Å². The number of nitrogens with zero attached hydrogens (tertiary/aromatic N) is 1. The van der Waals surface area contributed by atoms with Gasteiger partial charge < -0.3 is 15.0 Å². The number of hydrogen-bond acceptors (Lipinski definition) is 3. The first-order valence-corrected chi connectivity index (χ1v) is 8.26. The van der Waals surface area contributed by atoms with E-state index < -0.39 is 0 Å². The van der Waals surface area contributed by atoms with E-state index in [2.05, 4.69) is 24.3 Å². The van der Waals surface area contributed by atoms with Gasteiger partial charge in [0.15, 0.2) is 0 Å². The number of rotatable bonds is 4. The number of likely N-dealkylation sites (N-methyl/N-ethyl adjacent to an activating group) is 2. The predicted molar refractivity (Wildman–Crippen MR) is 80.5 cm³/mol. The Bertz CT molecular complexity index is 241. The third-order valence-electron chi connectivity index (χ3n) is 5.05.